The first kappa shape index (κ1) is 11.3. The smallest absolute Gasteiger partial charge is 0.192 e. The Morgan fingerprint density at radius 3 is 2.11 bits per heavy atom. The Morgan fingerprint density at radius 1 is 0.842 bits per heavy atom. The molecule has 0 amide bonds. The molecule has 0 fully saturated rings. The van der Waals surface area contributed by atoms with Gasteiger partial charge in [0.15, 0.2) is 11.7 Å². The van der Waals surface area contributed by atoms with Crippen molar-refractivity contribution in [3.63, 3.8) is 0 Å². The lowest BCUT2D eigenvalue weighted by molar-refractivity contribution is 0.872. The van der Waals surface area contributed by atoms with E-state index in [9.17, 15) is 0 Å². The molecule has 0 spiro atoms. The van der Waals surface area contributed by atoms with Crippen molar-refractivity contribution in [3.8, 4) is 0 Å². The number of amidine groups is 2. The van der Waals surface area contributed by atoms with E-state index in [1.165, 1.54) is 0 Å². The fraction of sp³-hybridized carbons (Fsp3) is 0.0769. The van der Waals surface area contributed by atoms with Crippen LogP contribution in [0.25, 0.3) is 0 Å². The van der Waals surface area contributed by atoms with Gasteiger partial charge in [-0.1, -0.05) is 12.1 Å². The van der Waals surface area contributed by atoms with Crippen molar-refractivity contribution in [1.82, 2.24) is 20.8 Å². The second-order valence-corrected chi connectivity index (χ2v) is 4.08. The summed E-state index contributed by atoms with van der Waals surface area (Å²) in [6.07, 6.45) is 3.50. The van der Waals surface area contributed by atoms with Crippen LogP contribution in [-0.4, -0.2) is 21.6 Å². The maximum Gasteiger partial charge on any atom is 0.192 e. The summed E-state index contributed by atoms with van der Waals surface area (Å²) >= 11 is 0. The maximum atomic E-state index is 4.28. The molecule has 19 heavy (non-hydrogen) atoms. The van der Waals surface area contributed by atoms with Crippen LogP contribution in [0, 0.1) is 6.92 Å². The molecule has 0 saturated carbocycles. The van der Waals surface area contributed by atoms with Crippen LogP contribution in [-0.2, 0) is 0 Å². The van der Waals surface area contributed by atoms with Crippen molar-refractivity contribution >= 4 is 11.7 Å². The van der Waals surface area contributed by atoms with E-state index < -0.39 is 0 Å². The first-order valence-corrected chi connectivity index (χ1v) is 5.85. The number of pyridine rings is 2. The van der Waals surface area contributed by atoms with E-state index in [0.29, 0.717) is 11.7 Å². The molecule has 2 aromatic heterocycles. The number of rotatable bonds is 2. The van der Waals surface area contributed by atoms with Crippen LogP contribution in [0.1, 0.15) is 17.0 Å². The lowest BCUT2D eigenvalue weighted by Gasteiger charge is -2.13. The summed E-state index contributed by atoms with van der Waals surface area (Å²) in [5, 5.41) is 8.41. The largest absolute Gasteiger partial charge is 0.256 e. The zero-order chi connectivity index (χ0) is 13.1. The third kappa shape index (κ3) is 2.42. The van der Waals surface area contributed by atoms with Gasteiger partial charge in [-0.05, 0) is 30.7 Å². The van der Waals surface area contributed by atoms with Gasteiger partial charge in [-0.3, -0.25) is 20.8 Å². The SMILES string of the molecule is Cc1ccc(C2=NNC(c3ccccn3)=NN2)nc1. The minimum Gasteiger partial charge on any atom is -0.256 e. The Bertz CT molecular complexity index is 630. The molecule has 0 unspecified atom stereocenters. The highest BCUT2D eigenvalue weighted by atomic mass is 15.5. The van der Waals surface area contributed by atoms with Crippen molar-refractivity contribution in [2.75, 3.05) is 0 Å². The predicted octanol–water partition coefficient (Wildman–Crippen LogP) is 1.00. The molecule has 3 rings (SSSR count). The van der Waals surface area contributed by atoms with Gasteiger partial charge in [-0.2, -0.15) is 10.2 Å². The fourth-order valence-corrected chi connectivity index (χ4v) is 1.61. The van der Waals surface area contributed by atoms with Crippen molar-refractivity contribution in [2.45, 2.75) is 6.92 Å². The first-order chi connectivity index (χ1) is 9.33. The number of hydrogen-bond acceptors (Lipinski definition) is 6. The predicted molar refractivity (Wildman–Crippen MR) is 72.6 cm³/mol. The Balaban J connectivity index is 1.78. The average Bonchev–Trinajstić information content (AvgIpc) is 2.49. The van der Waals surface area contributed by atoms with E-state index >= 15 is 0 Å². The average molecular weight is 252 g/mol. The van der Waals surface area contributed by atoms with Crippen molar-refractivity contribution in [2.24, 2.45) is 10.2 Å². The standard InChI is InChI=1S/C13H12N6/c1-9-5-6-11(15-8-9)13-18-16-12(17-19-13)10-4-2-3-7-14-10/h2-8H,1H3,(H,16,17)(H,18,19). The zero-order valence-corrected chi connectivity index (χ0v) is 10.3. The number of nitrogens with one attached hydrogen (secondary N) is 2. The molecule has 0 saturated heterocycles. The summed E-state index contributed by atoms with van der Waals surface area (Å²) in [4.78, 5) is 8.48. The number of aromatic nitrogens is 2. The molecule has 2 aromatic rings. The fourth-order valence-electron chi connectivity index (χ4n) is 1.61. The lowest BCUT2D eigenvalue weighted by Crippen LogP contribution is -2.35. The van der Waals surface area contributed by atoms with Gasteiger partial charge in [-0.25, -0.2) is 0 Å². The molecule has 6 nitrogen and oxygen atoms in total. The van der Waals surface area contributed by atoms with Crippen molar-refractivity contribution in [1.29, 1.82) is 0 Å². The Kier molecular flexibility index (Phi) is 2.89. The van der Waals surface area contributed by atoms with Gasteiger partial charge >= 0.3 is 0 Å². The van der Waals surface area contributed by atoms with E-state index in [1.807, 2.05) is 37.3 Å². The monoisotopic (exact) mass is 252 g/mol. The highest BCUT2D eigenvalue weighted by Crippen LogP contribution is 2.02. The van der Waals surface area contributed by atoms with Gasteiger partial charge in [0.25, 0.3) is 0 Å². The van der Waals surface area contributed by atoms with Gasteiger partial charge in [0.05, 0.1) is 0 Å². The third-order valence-corrected chi connectivity index (χ3v) is 2.61. The van der Waals surface area contributed by atoms with E-state index in [4.69, 9.17) is 0 Å². The summed E-state index contributed by atoms with van der Waals surface area (Å²) in [7, 11) is 0. The van der Waals surface area contributed by atoms with Crippen LogP contribution in [0.15, 0.2) is 52.9 Å². The van der Waals surface area contributed by atoms with Gasteiger partial charge in [0.2, 0.25) is 0 Å². The highest BCUT2D eigenvalue weighted by Gasteiger charge is 2.12. The van der Waals surface area contributed by atoms with Crippen molar-refractivity contribution in [3.05, 3.63) is 59.7 Å². The van der Waals surface area contributed by atoms with E-state index in [2.05, 4.69) is 31.0 Å². The molecule has 2 N–H and O–H groups in total. The van der Waals surface area contributed by atoms with Crippen LogP contribution in [0.5, 0.6) is 0 Å². The van der Waals surface area contributed by atoms with Crippen LogP contribution in [0.2, 0.25) is 0 Å². The topological polar surface area (TPSA) is 74.6 Å². The first-order valence-electron chi connectivity index (χ1n) is 5.85. The van der Waals surface area contributed by atoms with E-state index in [0.717, 1.165) is 17.0 Å². The molecule has 1 aliphatic heterocycles. The third-order valence-electron chi connectivity index (χ3n) is 2.61. The highest BCUT2D eigenvalue weighted by molar-refractivity contribution is 6.04. The molecule has 6 heteroatoms. The Morgan fingerprint density at radius 2 is 1.58 bits per heavy atom. The minimum atomic E-state index is 0.580. The molecule has 0 aromatic carbocycles. The van der Waals surface area contributed by atoms with Crippen LogP contribution >= 0.6 is 0 Å². The second-order valence-electron chi connectivity index (χ2n) is 4.08. The molecular formula is C13H12N6. The Hall–Kier alpha value is -2.76. The van der Waals surface area contributed by atoms with E-state index in [1.54, 1.807) is 12.4 Å². The number of aryl methyl sites for hydroxylation is 1. The number of hydrazone groups is 2. The van der Waals surface area contributed by atoms with Crippen LogP contribution < -0.4 is 10.9 Å². The van der Waals surface area contributed by atoms with Gasteiger partial charge < -0.3 is 0 Å². The molecule has 0 bridgehead atoms. The minimum absolute atomic E-state index is 0.580. The lowest BCUT2D eigenvalue weighted by atomic mass is 10.2. The summed E-state index contributed by atoms with van der Waals surface area (Å²) in [6, 6.07) is 9.48. The number of hydrogen-bond donors (Lipinski definition) is 2. The van der Waals surface area contributed by atoms with E-state index in [-0.39, 0.29) is 0 Å². The van der Waals surface area contributed by atoms with Crippen LogP contribution in [0.4, 0.5) is 0 Å². The summed E-state index contributed by atoms with van der Waals surface area (Å²) in [6.45, 7) is 1.99. The zero-order valence-electron chi connectivity index (χ0n) is 10.3. The van der Waals surface area contributed by atoms with Crippen LogP contribution in [0.3, 0.4) is 0 Å². The summed E-state index contributed by atoms with van der Waals surface area (Å²) in [5.74, 6) is 1.16. The quantitative estimate of drug-likeness (QED) is 0.836. The second kappa shape index (κ2) is 4.85. The molecule has 94 valence electrons. The number of nitrogens with zero attached hydrogens (tertiary/aromatic N) is 4. The molecule has 0 atom stereocenters. The summed E-state index contributed by atoms with van der Waals surface area (Å²) < 4.78 is 0. The van der Waals surface area contributed by atoms with Gasteiger partial charge in [0.1, 0.15) is 11.4 Å². The van der Waals surface area contributed by atoms with Crippen molar-refractivity contribution < 1.29 is 0 Å². The summed E-state index contributed by atoms with van der Waals surface area (Å²) in [5.41, 5.74) is 8.32. The molecule has 0 aliphatic carbocycles. The Labute approximate surface area is 110 Å². The molecule has 1 aliphatic rings. The molecule has 3 heterocycles. The van der Waals surface area contributed by atoms with Gasteiger partial charge in [-0.15, -0.1) is 0 Å². The molecule has 0 radical (unpaired) electrons. The van der Waals surface area contributed by atoms with Gasteiger partial charge in [0, 0.05) is 12.4 Å². The molecular weight excluding hydrogens is 240 g/mol. The maximum absolute atomic E-state index is 4.28. The normalized spacial score (nSPS) is 13.9.